The van der Waals surface area contributed by atoms with Gasteiger partial charge in [0.25, 0.3) is 0 Å². The highest BCUT2D eigenvalue weighted by Gasteiger charge is 2.29. The Morgan fingerprint density at radius 3 is 2.00 bits per heavy atom. The van der Waals surface area contributed by atoms with Crippen LogP contribution in [0.15, 0.2) is 66.7 Å². The lowest BCUT2D eigenvalue weighted by Crippen LogP contribution is -2.04. The van der Waals surface area contributed by atoms with E-state index >= 15 is 4.39 Å². The second kappa shape index (κ2) is 13.9. The molecule has 0 aliphatic heterocycles. The van der Waals surface area contributed by atoms with Crippen LogP contribution in [-0.2, 0) is 31.9 Å². The fourth-order valence-corrected chi connectivity index (χ4v) is 4.94. The van der Waals surface area contributed by atoms with Gasteiger partial charge in [0.15, 0.2) is 0 Å². The van der Waals surface area contributed by atoms with Gasteiger partial charge < -0.3 is 4.74 Å². The van der Waals surface area contributed by atoms with Crippen molar-refractivity contribution >= 4 is 10.8 Å². The summed E-state index contributed by atoms with van der Waals surface area (Å²) in [5.41, 5.74) is 1.26. The molecule has 0 heterocycles. The number of aryl methyl sites for hydroxylation is 3. The van der Waals surface area contributed by atoms with E-state index in [1.54, 1.807) is 24.3 Å². The minimum Gasteiger partial charge on any atom is -0.493 e. The Kier molecular flexibility index (Phi) is 10.4. The molecule has 7 heteroatoms. The van der Waals surface area contributed by atoms with Gasteiger partial charge >= 0.3 is 6.18 Å². The molecule has 4 aromatic carbocycles. The van der Waals surface area contributed by atoms with Crippen molar-refractivity contribution in [3.8, 4) is 5.75 Å². The van der Waals surface area contributed by atoms with Crippen LogP contribution in [0.1, 0.15) is 66.8 Å². The molecule has 0 spiro atoms. The van der Waals surface area contributed by atoms with Crippen molar-refractivity contribution in [2.24, 2.45) is 0 Å². The number of benzene rings is 4. The molecular weight excluding hydrogens is 538 g/mol. The molecule has 0 bridgehead atoms. The van der Waals surface area contributed by atoms with Crippen LogP contribution in [0.4, 0.5) is 26.3 Å². The maximum Gasteiger partial charge on any atom is 0.416 e. The maximum atomic E-state index is 15.2. The molecular formula is C34H34F6O. The summed E-state index contributed by atoms with van der Waals surface area (Å²) in [5.74, 6) is -1.47. The van der Waals surface area contributed by atoms with E-state index in [0.717, 1.165) is 43.4 Å². The highest BCUT2D eigenvalue weighted by molar-refractivity contribution is 5.84. The molecule has 1 nitrogen and oxygen atoms in total. The first-order chi connectivity index (χ1) is 19.7. The van der Waals surface area contributed by atoms with E-state index in [9.17, 15) is 22.0 Å². The van der Waals surface area contributed by atoms with E-state index in [1.807, 2.05) is 6.07 Å². The number of alkyl halides is 3. The third kappa shape index (κ3) is 8.27. The Labute approximate surface area is 237 Å². The van der Waals surface area contributed by atoms with Crippen molar-refractivity contribution in [3.05, 3.63) is 112 Å². The molecule has 218 valence electrons. The molecule has 0 amide bonds. The van der Waals surface area contributed by atoms with Gasteiger partial charge in [-0.2, -0.15) is 13.2 Å². The lowest BCUT2D eigenvalue weighted by molar-refractivity contribution is -0.137. The van der Waals surface area contributed by atoms with E-state index in [1.165, 1.54) is 30.7 Å². The lowest BCUT2D eigenvalue weighted by Gasteiger charge is -2.11. The van der Waals surface area contributed by atoms with Crippen molar-refractivity contribution < 1.29 is 31.1 Å². The number of hydrogen-bond acceptors (Lipinski definition) is 1. The summed E-state index contributed by atoms with van der Waals surface area (Å²) in [5, 5.41) is 1.09. The maximum absolute atomic E-state index is 15.2. The summed E-state index contributed by atoms with van der Waals surface area (Å²) in [6, 6.07) is 16.0. The number of rotatable bonds is 13. The number of hydrogen-bond donors (Lipinski definition) is 0. The topological polar surface area (TPSA) is 9.23 Å². The van der Waals surface area contributed by atoms with Gasteiger partial charge in [-0.3, -0.25) is 0 Å². The Bertz CT molecular complexity index is 1420. The van der Waals surface area contributed by atoms with Gasteiger partial charge in [-0.15, -0.1) is 0 Å². The quantitative estimate of drug-likeness (QED) is 0.114. The predicted octanol–water partition coefficient (Wildman–Crippen LogP) is 10.2. The Balaban J connectivity index is 1.35. The highest BCUT2D eigenvalue weighted by Crippen LogP contribution is 2.30. The van der Waals surface area contributed by atoms with Crippen molar-refractivity contribution in [1.82, 2.24) is 0 Å². The Hall–Kier alpha value is -3.48. The smallest absolute Gasteiger partial charge is 0.416 e. The normalized spacial score (nSPS) is 11.8. The summed E-state index contributed by atoms with van der Waals surface area (Å²) >= 11 is 0. The van der Waals surface area contributed by atoms with Crippen molar-refractivity contribution in [1.29, 1.82) is 0 Å². The van der Waals surface area contributed by atoms with Crippen LogP contribution in [0.5, 0.6) is 5.75 Å². The summed E-state index contributed by atoms with van der Waals surface area (Å²) in [7, 11) is 0. The third-order valence-corrected chi connectivity index (χ3v) is 7.36. The average Bonchev–Trinajstić information content (AvgIpc) is 2.94. The summed E-state index contributed by atoms with van der Waals surface area (Å²) in [6.07, 6.45) is 2.17. The van der Waals surface area contributed by atoms with Gasteiger partial charge in [-0.1, -0.05) is 75.1 Å². The van der Waals surface area contributed by atoms with Gasteiger partial charge in [0.05, 0.1) is 12.2 Å². The second-order valence-electron chi connectivity index (χ2n) is 10.4. The van der Waals surface area contributed by atoms with E-state index in [0.29, 0.717) is 47.8 Å². The molecule has 0 saturated heterocycles. The Morgan fingerprint density at radius 2 is 1.32 bits per heavy atom. The molecule has 0 atom stereocenters. The monoisotopic (exact) mass is 572 g/mol. The Morgan fingerprint density at radius 1 is 0.659 bits per heavy atom. The molecule has 0 aliphatic rings. The predicted molar refractivity (Wildman–Crippen MR) is 151 cm³/mol. The van der Waals surface area contributed by atoms with E-state index in [2.05, 4.69) is 6.92 Å². The van der Waals surface area contributed by atoms with E-state index in [-0.39, 0.29) is 23.6 Å². The molecule has 4 rings (SSSR count). The van der Waals surface area contributed by atoms with Crippen molar-refractivity contribution in [3.63, 3.8) is 0 Å². The average molecular weight is 573 g/mol. The zero-order chi connectivity index (χ0) is 29.4. The summed E-state index contributed by atoms with van der Waals surface area (Å²) < 4.78 is 88.5. The molecule has 0 aliphatic carbocycles. The van der Waals surface area contributed by atoms with Crippen LogP contribution in [0.2, 0.25) is 0 Å². The second-order valence-corrected chi connectivity index (χ2v) is 10.4. The van der Waals surface area contributed by atoms with Crippen molar-refractivity contribution in [2.75, 3.05) is 6.61 Å². The molecule has 0 unspecified atom stereocenters. The van der Waals surface area contributed by atoms with Crippen LogP contribution in [0.25, 0.3) is 10.8 Å². The van der Waals surface area contributed by atoms with Crippen LogP contribution < -0.4 is 4.74 Å². The fraction of sp³-hybridized carbons (Fsp3) is 0.353. The van der Waals surface area contributed by atoms with Crippen molar-refractivity contribution in [2.45, 2.75) is 70.9 Å². The molecule has 41 heavy (non-hydrogen) atoms. The highest BCUT2D eigenvalue weighted by atomic mass is 19.4. The number of fused-ring (bicyclic) bond motifs is 1. The van der Waals surface area contributed by atoms with Crippen LogP contribution in [0, 0.1) is 17.5 Å². The molecule has 0 N–H and O–H groups in total. The molecule has 0 saturated carbocycles. The van der Waals surface area contributed by atoms with Gasteiger partial charge in [0, 0.05) is 23.1 Å². The van der Waals surface area contributed by atoms with Gasteiger partial charge in [-0.25, -0.2) is 13.2 Å². The first-order valence-electron chi connectivity index (χ1n) is 14.1. The fourth-order valence-electron chi connectivity index (χ4n) is 4.94. The van der Waals surface area contributed by atoms with Crippen LogP contribution >= 0.6 is 0 Å². The molecule has 0 aromatic heterocycles. The van der Waals surface area contributed by atoms with Crippen LogP contribution in [-0.4, -0.2) is 6.61 Å². The lowest BCUT2D eigenvalue weighted by atomic mass is 9.97. The van der Waals surface area contributed by atoms with Gasteiger partial charge in [0.1, 0.15) is 23.2 Å². The molecule has 0 radical (unpaired) electrons. The van der Waals surface area contributed by atoms with E-state index < -0.39 is 23.4 Å². The molecule has 0 fully saturated rings. The summed E-state index contributed by atoms with van der Waals surface area (Å²) in [4.78, 5) is 0. The zero-order valence-corrected chi connectivity index (χ0v) is 23.1. The minimum atomic E-state index is -4.39. The standard InChI is InChI=1S/C34H34F6O/c1-2-3-4-5-6-19-41-28-21-31(35)30(32(36)22-28)18-11-24-10-17-29-26(20-24)14-13-25(33(29)37)12-7-23-8-15-27(16-9-23)34(38,39)40/h8-10,13-17,20-22H,2-7,11-12,18-19H2,1H3. The largest absolute Gasteiger partial charge is 0.493 e. The zero-order valence-electron chi connectivity index (χ0n) is 23.1. The number of halogens is 6. The SMILES string of the molecule is CCCCCCCOc1cc(F)c(CCc2ccc3c(F)c(CCc4ccc(C(F)(F)F)cc4)ccc3c2)c(F)c1. The molecule has 4 aromatic rings. The van der Waals surface area contributed by atoms with Gasteiger partial charge in [-0.05, 0) is 66.3 Å². The minimum absolute atomic E-state index is 0.00909. The number of unbranched alkanes of at least 4 members (excludes halogenated alkanes) is 4. The third-order valence-electron chi connectivity index (χ3n) is 7.36. The van der Waals surface area contributed by atoms with Crippen LogP contribution in [0.3, 0.4) is 0 Å². The first kappa shape index (κ1) is 30.5. The number of ether oxygens (including phenoxy) is 1. The summed E-state index contributed by atoms with van der Waals surface area (Å²) in [6.45, 7) is 2.56. The van der Waals surface area contributed by atoms with Gasteiger partial charge in [0.2, 0.25) is 0 Å². The van der Waals surface area contributed by atoms with E-state index in [4.69, 9.17) is 4.74 Å². The first-order valence-corrected chi connectivity index (χ1v) is 14.1.